The lowest BCUT2D eigenvalue weighted by Gasteiger charge is -2.37. The molecule has 1 aliphatic rings. The monoisotopic (exact) mass is 681 g/mol. The van der Waals surface area contributed by atoms with E-state index in [1.54, 1.807) is 7.11 Å². The van der Waals surface area contributed by atoms with Crippen LogP contribution in [-0.2, 0) is 10.3 Å². The molecule has 0 spiro atoms. The van der Waals surface area contributed by atoms with Crippen molar-refractivity contribution in [1.29, 1.82) is 0 Å². The predicted octanol–water partition coefficient (Wildman–Crippen LogP) is 4.95. The molecule has 0 amide bonds. The largest absolute Gasteiger partial charge is 0.497 e. The van der Waals surface area contributed by atoms with E-state index < -0.39 is 35.2 Å². The first-order valence-corrected chi connectivity index (χ1v) is 14.9. The molecule has 4 atom stereocenters. The predicted molar refractivity (Wildman–Crippen MR) is 166 cm³/mol. The van der Waals surface area contributed by atoms with Crippen molar-refractivity contribution in [2.45, 2.75) is 36.6 Å². The molecule has 3 aromatic carbocycles. The fourth-order valence-electron chi connectivity index (χ4n) is 5.61. The number of ether oxygens (including phenoxy) is 2. The third-order valence-corrected chi connectivity index (χ3v) is 8.66. The maximum Gasteiger partial charge on any atom is 0.280 e. The quantitative estimate of drug-likeness (QED) is 0.121. The number of anilines is 1. The van der Waals surface area contributed by atoms with Gasteiger partial charge in [-0.3, -0.25) is 14.3 Å². The minimum absolute atomic E-state index is 0.0295. The Balaban J connectivity index is 1.55. The Morgan fingerprint density at radius 1 is 1.07 bits per heavy atom. The fourth-order valence-corrected chi connectivity index (χ4v) is 6.30. The first-order valence-electron chi connectivity index (χ1n) is 13.4. The van der Waals surface area contributed by atoms with E-state index in [-0.39, 0.29) is 17.1 Å². The van der Waals surface area contributed by atoms with Crippen LogP contribution in [0.1, 0.15) is 29.8 Å². The van der Waals surface area contributed by atoms with Gasteiger partial charge in [-0.1, -0.05) is 95.4 Å². The fraction of sp³-hybridized carbons (Fsp3) is 0.258. The average Bonchev–Trinajstić information content (AvgIpc) is 3.54. The summed E-state index contributed by atoms with van der Waals surface area (Å²) in [7, 11) is 1.61. The van der Waals surface area contributed by atoms with Crippen LogP contribution in [-0.4, -0.2) is 54.0 Å². The molecule has 0 aliphatic carbocycles. The first-order chi connectivity index (χ1) is 20.3. The van der Waals surface area contributed by atoms with Gasteiger partial charge in [0.15, 0.2) is 23.1 Å². The molecule has 9 nitrogen and oxygen atoms in total. The van der Waals surface area contributed by atoms with Crippen LogP contribution in [0.15, 0.2) is 96.1 Å². The molecule has 6 rings (SSSR count). The van der Waals surface area contributed by atoms with E-state index in [2.05, 4.69) is 15.3 Å². The summed E-state index contributed by atoms with van der Waals surface area (Å²) in [6.07, 6.45) is -1.97. The Morgan fingerprint density at radius 2 is 1.67 bits per heavy atom. The molecule has 2 aromatic heterocycles. The number of aromatic nitrogens is 4. The van der Waals surface area contributed by atoms with Crippen LogP contribution in [0, 0.1) is 0 Å². The highest BCUT2D eigenvalue weighted by Gasteiger charge is 2.55. The summed E-state index contributed by atoms with van der Waals surface area (Å²) >= 11 is 2.05. The highest BCUT2D eigenvalue weighted by Crippen LogP contribution is 2.43. The Morgan fingerprint density at radius 3 is 2.21 bits per heavy atom. The van der Waals surface area contributed by atoms with Crippen molar-refractivity contribution in [3.8, 4) is 5.75 Å². The Kier molecular flexibility index (Phi) is 7.50. The second-order valence-corrected chi connectivity index (χ2v) is 11.2. The van der Waals surface area contributed by atoms with Gasteiger partial charge in [0, 0.05) is 4.43 Å². The smallest absolute Gasteiger partial charge is 0.280 e. The van der Waals surface area contributed by atoms with Crippen LogP contribution in [0.3, 0.4) is 0 Å². The molecule has 0 unspecified atom stereocenters. The minimum atomic E-state index is -2.14. The highest BCUT2D eigenvalue weighted by molar-refractivity contribution is 14.1. The van der Waals surface area contributed by atoms with Crippen LogP contribution in [0.5, 0.6) is 5.75 Å². The number of halogens is 2. The van der Waals surface area contributed by atoms with Gasteiger partial charge in [0.2, 0.25) is 5.95 Å². The number of hydrogen-bond donors (Lipinski definition) is 3. The lowest BCUT2D eigenvalue weighted by atomic mass is 9.77. The Bertz CT molecular complexity index is 1710. The van der Waals surface area contributed by atoms with Crippen LogP contribution in [0.2, 0.25) is 0 Å². The van der Waals surface area contributed by atoms with Gasteiger partial charge in [-0.25, -0.2) is 9.37 Å². The van der Waals surface area contributed by atoms with E-state index in [4.69, 9.17) is 14.5 Å². The number of rotatable bonds is 8. The second-order valence-electron chi connectivity index (χ2n) is 10.4. The van der Waals surface area contributed by atoms with Gasteiger partial charge in [0.1, 0.15) is 17.4 Å². The number of aromatic amines is 1. The number of nitrogens with one attached hydrogen (secondary N) is 2. The standard InChI is InChI=1S/C31H29FIN5O4/c1-30(32)25(39)23(17-33)42-28(30)38-18-34-24-26(38)35-29(36-27(24)40)37-31(19-9-5-3-6-10-19,20-11-7-4-8-12-20)21-13-15-22(41-2)16-14-21/h3-16,18,23,25,28,39H,17H2,1-2H3,(H2,35,36,37,40)/t23-,25-,28+,30-/m1/s1. The van der Waals surface area contributed by atoms with Gasteiger partial charge in [0.25, 0.3) is 5.56 Å². The molecule has 3 heterocycles. The molecule has 1 fully saturated rings. The number of aliphatic hydroxyl groups is 1. The van der Waals surface area contributed by atoms with Crippen molar-refractivity contribution in [3.63, 3.8) is 0 Å². The molecule has 42 heavy (non-hydrogen) atoms. The zero-order valence-electron chi connectivity index (χ0n) is 22.9. The van der Waals surface area contributed by atoms with Gasteiger partial charge in [-0.05, 0) is 35.7 Å². The van der Waals surface area contributed by atoms with Crippen LogP contribution in [0.4, 0.5) is 10.3 Å². The number of fused-ring (bicyclic) bond motifs is 1. The number of hydrogen-bond acceptors (Lipinski definition) is 7. The molecule has 3 N–H and O–H groups in total. The highest BCUT2D eigenvalue weighted by atomic mass is 127. The summed E-state index contributed by atoms with van der Waals surface area (Å²) in [6.45, 7) is 1.28. The summed E-state index contributed by atoms with van der Waals surface area (Å²) in [6, 6.07) is 27.3. The molecule has 0 bridgehead atoms. The molecule has 1 saturated heterocycles. The Labute approximate surface area is 254 Å². The summed E-state index contributed by atoms with van der Waals surface area (Å²) in [4.78, 5) is 25.1. The lowest BCUT2D eigenvalue weighted by Crippen LogP contribution is -2.40. The molecule has 1 aliphatic heterocycles. The van der Waals surface area contributed by atoms with Gasteiger partial charge >= 0.3 is 0 Å². The lowest BCUT2D eigenvalue weighted by molar-refractivity contribution is -0.0413. The molecule has 11 heteroatoms. The van der Waals surface area contributed by atoms with Crippen molar-refractivity contribution < 1.29 is 19.0 Å². The van der Waals surface area contributed by atoms with Crippen LogP contribution < -0.4 is 15.6 Å². The Hall–Kier alpha value is -3.81. The van der Waals surface area contributed by atoms with E-state index >= 15 is 4.39 Å². The molecular formula is C31H29FIN5O4. The van der Waals surface area contributed by atoms with Crippen molar-refractivity contribution in [2.24, 2.45) is 0 Å². The van der Waals surface area contributed by atoms with Gasteiger partial charge in [-0.15, -0.1) is 0 Å². The van der Waals surface area contributed by atoms with Gasteiger partial charge in [0.05, 0.1) is 19.5 Å². The minimum Gasteiger partial charge on any atom is -0.497 e. The third kappa shape index (κ3) is 4.65. The average molecular weight is 682 g/mol. The maximum atomic E-state index is 15.8. The van der Waals surface area contributed by atoms with Gasteiger partial charge in [-0.2, -0.15) is 4.98 Å². The van der Waals surface area contributed by atoms with E-state index in [9.17, 15) is 9.90 Å². The number of alkyl halides is 2. The number of methoxy groups -OCH3 is 1. The molecule has 0 saturated carbocycles. The van der Waals surface area contributed by atoms with Crippen LogP contribution >= 0.6 is 22.6 Å². The number of imidazole rings is 1. The van der Waals surface area contributed by atoms with E-state index in [1.807, 2.05) is 108 Å². The number of aliphatic hydroxyl groups excluding tert-OH is 1. The van der Waals surface area contributed by atoms with Crippen molar-refractivity contribution in [3.05, 3.63) is 118 Å². The van der Waals surface area contributed by atoms with E-state index in [0.717, 1.165) is 16.7 Å². The van der Waals surface area contributed by atoms with Crippen LogP contribution in [0.25, 0.3) is 11.2 Å². The molecular weight excluding hydrogens is 652 g/mol. The van der Waals surface area contributed by atoms with E-state index in [1.165, 1.54) is 17.8 Å². The zero-order valence-corrected chi connectivity index (χ0v) is 25.0. The SMILES string of the molecule is COc1ccc(C(Nc2nc3c(ncn3[C@H]3O[C@H](CI)[C@@H](O)[C@@]3(C)F)c(=O)[nH]2)(c2ccccc2)c2ccccc2)cc1. The summed E-state index contributed by atoms with van der Waals surface area (Å²) in [5, 5.41) is 14.1. The van der Waals surface area contributed by atoms with Crippen molar-refractivity contribution in [1.82, 2.24) is 19.5 Å². The van der Waals surface area contributed by atoms with E-state index in [0.29, 0.717) is 10.2 Å². The molecule has 216 valence electrons. The van der Waals surface area contributed by atoms with Crippen molar-refractivity contribution >= 4 is 39.7 Å². The third-order valence-electron chi connectivity index (χ3n) is 7.80. The summed E-state index contributed by atoms with van der Waals surface area (Å²) in [5.41, 5.74) is -0.854. The number of benzene rings is 3. The summed E-state index contributed by atoms with van der Waals surface area (Å²) in [5.74, 6) is 0.839. The molecule has 5 aromatic rings. The van der Waals surface area contributed by atoms with Crippen molar-refractivity contribution in [2.75, 3.05) is 16.9 Å². The normalized spacial score (nSPS) is 22.4. The molecule has 0 radical (unpaired) electrons. The topological polar surface area (TPSA) is 114 Å². The second kappa shape index (κ2) is 11.1. The zero-order chi connectivity index (χ0) is 29.5. The number of nitrogens with zero attached hydrogens (tertiary/aromatic N) is 3. The summed E-state index contributed by atoms with van der Waals surface area (Å²) < 4.78 is 28.9. The number of H-pyrrole nitrogens is 1. The maximum absolute atomic E-state index is 15.8. The van der Waals surface area contributed by atoms with Gasteiger partial charge < -0.3 is 19.9 Å². The first kappa shape index (κ1) is 28.3.